The predicted octanol–water partition coefficient (Wildman–Crippen LogP) is 3.80. The number of hydrogen-bond donors (Lipinski definition) is 0. The third kappa shape index (κ3) is 3.55. The largest absolute Gasteiger partial charge is 0.393 e. The third-order valence-corrected chi connectivity index (χ3v) is 3.57. The lowest BCUT2D eigenvalue weighted by Gasteiger charge is -2.33. The standard InChI is InChI=1S/C12H11Cl2F3N2O/c13-9-4-7(5-10(14)18-9)11(20)19-3-1-2-8(6-19)12(15,16)17/h4-5,8H,1-3,6H2. The van der Waals surface area contributed by atoms with Crippen LogP contribution in [0.3, 0.4) is 0 Å². The Bertz CT molecular complexity index is 502. The van der Waals surface area contributed by atoms with E-state index < -0.39 is 18.0 Å². The zero-order valence-electron chi connectivity index (χ0n) is 10.3. The van der Waals surface area contributed by atoms with E-state index in [0.717, 1.165) is 0 Å². The summed E-state index contributed by atoms with van der Waals surface area (Å²) in [6, 6.07) is 2.60. The summed E-state index contributed by atoms with van der Waals surface area (Å²) in [5.74, 6) is -1.99. The van der Waals surface area contributed by atoms with Gasteiger partial charge in [-0.1, -0.05) is 23.2 Å². The van der Waals surface area contributed by atoms with Gasteiger partial charge in [0, 0.05) is 18.7 Å². The van der Waals surface area contributed by atoms with Gasteiger partial charge >= 0.3 is 6.18 Å². The maximum atomic E-state index is 12.7. The van der Waals surface area contributed by atoms with Gasteiger partial charge in [-0.3, -0.25) is 4.79 Å². The van der Waals surface area contributed by atoms with E-state index >= 15 is 0 Å². The van der Waals surface area contributed by atoms with Gasteiger partial charge in [-0.2, -0.15) is 13.2 Å². The number of nitrogens with zero attached hydrogens (tertiary/aromatic N) is 2. The third-order valence-electron chi connectivity index (χ3n) is 3.18. The Morgan fingerprint density at radius 1 is 1.30 bits per heavy atom. The highest BCUT2D eigenvalue weighted by atomic mass is 35.5. The highest BCUT2D eigenvalue weighted by Crippen LogP contribution is 2.33. The Labute approximate surface area is 123 Å². The van der Waals surface area contributed by atoms with E-state index in [1.165, 1.54) is 17.0 Å². The predicted molar refractivity (Wildman–Crippen MR) is 68.9 cm³/mol. The summed E-state index contributed by atoms with van der Waals surface area (Å²) in [5, 5.41) is 0.0652. The number of aromatic nitrogens is 1. The van der Waals surface area contributed by atoms with Crippen molar-refractivity contribution in [3.63, 3.8) is 0 Å². The first-order chi connectivity index (χ1) is 9.27. The first-order valence-corrected chi connectivity index (χ1v) is 6.72. The number of rotatable bonds is 1. The lowest BCUT2D eigenvalue weighted by atomic mass is 9.97. The van der Waals surface area contributed by atoms with E-state index in [9.17, 15) is 18.0 Å². The summed E-state index contributed by atoms with van der Waals surface area (Å²) in [6.07, 6.45) is -3.92. The lowest BCUT2D eigenvalue weighted by Crippen LogP contribution is -2.44. The summed E-state index contributed by atoms with van der Waals surface area (Å²) >= 11 is 11.4. The SMILES string of the molecule is O=C(c1cc(Cl)nc(Cl)c1)N1CCCC(C(F)(F)F)C1. The van der Waals surface area contributed by atoms with Crippen molar-refractivity contribution in [1.82, 2.24) is 9.88 Å². The smallest absolute Gasteiger partial charge is 0.338 e. The van der Waals surface area contributed by atoms with Crippen molar-refractivity contribution in [3.05, 3.63) is 28.0 Å². The van der Waals surface area contributed by atoms with Crippen LogP contribution in [0.5, 0.6) is 0 Å². The molecule has 1 aromatic rings. The van der Waals surface area contributed by atoms with E-state index in [1.807, 2.05) is 0 Å². The van der Waals surface area contributed by atoms with Gasteiger partial charge < -0.3 is 4.90 Å². The Morgan fingerprint density at radius 3 is 2.45 bits per heavy atom. The van der Waals surface area contributed by atoms with Crippen LogP contribution >= 0.6 is 23.2 Å². The molecule has 0 aromatic carbocycles. The Morgan fingerprint density at radius 2 is 1.90 bits per heavy atom. The molecule has 2 rings (SSSR count). The number of halogens is 5. The molecule has 1 aliphatic heterocycles. The fourth-order valence-electron chi connectivity index (χ4n) is 2.20. The van der Waals surface area contributed by atoms with Crippen molar-refractivity contribution in [3.8, 4) is 0 Å². The van der Waals surface area contributed by atoms with Gasteiger partial charge in [-0.05, 0) is 25.0 Å². The average Bonchev–Trinajstić information content (AvgIpc) is 2.36. The summed E-state index contributed by atoms with van der Waals surface area (Å²) < 4.78 is 38.2. The van der Waals surface area contributed by atoms with Gasteiger partial charge in [0.1, 0.15) is 10.3 Å². The van der Waals surface area contributed by atoms with Crippen LogP contribution in [0.25, 0.3) is 0 Å². The highest BCUT2D eigenvalue weighted by molar-refractivity contribution is 6.33. The molecule has 2 heterocycles. The second-order valence-electron chi connectivity index (χ2n) is 4.63. The normalized spacial score (nSPS) is 20.1. The van der Waals surface area contributed by atoms with E-state index in [-0.39, 0.29) is 28.8 Å². The fraction of sp³-hybridized carbons (Fsp3) is 0.500. The lowest BCUT2D eigenvalue weighted by molar-refractivity contribution is -0.184. The van der Waals surface area contributed by atoms with Gasteiger partial charge in [0.2, 0.25) is 0 Å². The minimum atomic E-state index is -4.29. The molecule has 0 spiro atoms. The molecule has 1 aromatic heterocycles. The number of hydrogen-bond acceptors (Lipinski definition) is 2. The maximum absolute atomic E-state index is 12.7. The molecule has 8 heteroatoms. The van der Waals surface area contributed by atoms with Crippen LogP contribution < -0.4 is 0 Å². The van der Waals surface area contributed by atoms with E-state index in [2.05, 4.69) is 4.98 Å². The Hall–Kier alpha value is -1.01. The molecule has 1 amide bonds. The minimum absolute atomic E-state index is 0.0326. The molecule has 3 nitrogen and oxygen atoms in total. The monoisotopic (exact) mass is 326 g/mol. The number of carbonyl (C=O) groups is 1. The van der Waals surface area contributed by atoms with Gasteiger partial charge in [0.25, 0.3) is 5.91 Å². The molecular weight excluding hydrogens is 316 g/mol. The van der Waals surface area contributed by atoms with Crippen molar-refractivity contribution < 1.29 is 18.0 Å². The van der Waals surface area contributed by atoms with Crippen molar-refractivity contribution >= 4 is 29.1 Å². The van der Waals surface area contributed by atoms with Gasteiger partial charge in [-0.15, -0.1) is 0 Å². The summed E-state index contributed by atoms with van der Waals surface area (Å²) in [5.41, 5.74) is 0.151. The van der Waals surface area contributed by atoms with E-state index in [4.69, 9.17) is 23.2 Å². The zero-order chi connectivity index (χ0) is 14.9. The molecular formula is C12H11Cl2F3N2O. The second kappa shape index (κ2) is 5.77. The molecule has 0 saturated carbocycles. The second-order valence-corrected chi connectivity index (χ2v) is 5.41. The number of alkyl halides is 3. The number of piperidine rings is 1. The minimum Gasteiger partial charge on any atom is -0.338 e. The molecule has 0 radical (unpaired) electrons. The quantitative estimate of drug-likeness (QED) is 0.735. The van der Waals surface area contributed by atoms with Gasteiger partial charge in [0.15, 0.2) is 0 Å². The number of amides is 1. The molecule has 1 aliphatic rings. The molecule has 110 valence electrons. The van der Waals surface area contributed by atoms with Gasteiger partial charge in [0.05, 0.1) is 5.92 Å². The molecule has 1 unspecified atom stereocenters. The zero-order valence-corrected chi connectivity index (χ0v) is 11.8. The summed E-state index contributed by atoms with van der Waals surface area (Å²) in [4.78, 5) is 17.1. The summed E-state index contributed by atoms with van der Waals surface area (Å²) in [6.45, 7) is -0.0388. The molecule has 1 fully saturated rings. The van der Waals surface area contributed by atoms with Crippen LogP contribution in [0.15, 0.2) is 12.1 Å². The summed E-state index contributed by atoms with van der Waals surface area (Å²) in [7, 11) is 0. The molecule has 1 saturated heterocycles. The van der Waals surface area contributed by atoms with E-state index in [1.54, 1.807) is 0 Å². The molecule has 0 bridgehead atoms. The molecule has 0 N–H and O–H groups in total. The van der Waals surface area contributed by atoms with Crippen LogP contribution in [0, 0.1) is 5.92 Å². The van der Waals surface area contributed by atoms with Gasteiger partial charge in [-0.25, -0.2) is 4.98 Å². The maximum Gasteiger partial charge on any atom is 0.393 e. The van der Waals surface area contributed by atoms with Crippen LogP contribution in [0.4, 0.5) is 13.2 Å². The van der Waals surface area contributed by atoms with Crippen molar-refractivity contribution in [2.75, 3.05) is 13.1 Å². The topological polar surface area (TPSA) is 33.2 Å². The Balaban J connectivity index is 2.16. The highest BCUT2D eigenvalue weighted by Gasteiger charge is 2.42. The average molecular weight is 327 g/mol. The molecule has 1 atom stereocenters. The van der Waals surface area contributed by atoms with E-state index in [0.29, 0.717) is 13.0 Å². The Kier molecular flexibility index (Phi) is 4.44. The van der Waals surface area contributed by atoms with Crippen LogP contribution in [0.1, 0.15) is 23.2 Å². The number of carbonyl (C=O) groups excluding carboxylic acids is 1. The van der Waals surface area contributed by atoms with Crippen LogP contribution in [0.2, 0.25) is 10.3 Å². The molecule has 0 aliphatic carbocycles. The fourth-order valence-corrected chi connectivity index (χ4v) is 2.66. The number of pyridine rings is 1. The van der Waals surface area contributed by atoms with Crippen molar-refractivity contribution in [2.45, 2.75) is 19.0 Å². The molecule has 20 heavy (non-hydrogen) atoms. The van der Waals surface area contributed by atoms with Crippen LogP contribution in [-0.2, 0) is 0 Å². The first-order valence-electron chi connectivity index (χ1n) is 5.96. The van der Waals surface area contributed by atoms with Crippen molar-refractivity contribution in [2.24, 2.45) is 5.92 Å². The van der Waals surface area contributed by atoms with Crippen molar-refractivity contribution in [1.29, 1.82) is 0 Å². The van der Waals surface area contributed by atoms with Crippen LogP contribution in [-0.4, -0.2) is 35.1 Å². The number of likely N-dealkylation sites (tertiary alicyclic amines) is 1. The first kappa shape index (κ1) is 15.4.